The molecule has 0 saturated carbocycles. The normalized spacial score (nSPS) is 19.4. The minimum absolute atomic E-state index is 0.234. The molecule has 2 aromatic rings. The second-order valence-corrected chi connectivity index (χ2v) is 6.56. The second kappa shape index (κ2) is 7.09. The first-order valence-electron chi connectivity index (χ1n) is 7.56. The van der Waals surface area contributed by atoms with Crippen molar-refractivity contribution in [1.29, 1.82) is 0 Å². The van der Waals surface area contributed by atoms with Crippen molar-refractivity contribution < 1.29 is 4.52 Å². The average molecular weight is 303 g/mol. The van der Waals surface area contributed by atoms with Crippen molar-refractivity contribution in [2.75, 3.05) is 6.54 Å². The molecule has 0 amide bonds. The van der Waals surface area contributed by atoms with E-state index >= 15 is 0 Å². The van der Waals surface area contributed by atoms with Crippen LogP contribution in [-0.4, -0.2) is 16.7 Å². The minimum Gasteiger partial charge on any atom is -0.338 e. The Morgan fingerprint density at radius 1 is 1.33 bits per heavy atom. The second-order valence-electron chi connectivity index (χ2n) is 5.51. The van der Waals surface area contributed by atoms with E-state index in [-0.39, 0.29) is 6.04 Å². The zero-order valence-electron chi connectivity index (χ0n) is 12.3. The molecule has 0 radical (unpaired) electrons. The fraction of sp³-hybridized carbons (Fsp3) is 0.500. The van der Waals surface area contributed by atoms with Crippen molar-refractivity contribution in [3.05, 3.63) is 41.5 Å². The van der Waals surface area contributed by atoms with Crippen molar-refractivity contribution in [2.24, 2.45) is 0 Å². The molecule has 1 N–H and O–H groups in total. The molecule has 1 atom stereocenters. The van der Waals surface area contributed by atoms with Crippen LogP contribution in [-0.2, 0) is 5.75 Å². The molecule has 0 spiro atoms. The standard InChI is InChI=1S/C16H21N3OS/c1-12-6-5-7-13(10-12)21-11-15-18-16(20-19-15)14-8-3-2-4-9-17-14/h5-7,10,14,17H,2-4,8-9,11H2,1H3. The Hall–Kier alpha value is -1.33. The largest absolute Gasteiger partial charge is 0.338 e. The molecule has 2 heterocycles. The lowest BCUT2D eigenvalue weighted by molar-refractivity contribution is 0.325. The van der Waals surface area contributed by atoms with Gasteiger partial charge in [-0.1, -0.05) is 35.7 Å². The highest BCUT2D eigenvalue weighted by atomic mass is 32.2. The Balaban J connectivity index is 1.59. The first-order chi connectivity index (χ1) is 10.3. The third kappa shape index (κ3) is 4.08. The third-order valence-corrected chi connectivity index (χ3v) is 4.69. The molecule has 1 aromatic carbocycles. The van der Waals surface area contributed by atoms with Crippen molar-refractivity contribution >= 4 is 11.8 Å². The van der Waals surface area contributed by atoms with Crippen LogP contribution in [0.4, 0.5) is 0 Å². The summed E-state index contributed by atoms with van der Waals surface area (Å²) in [4.78, 5) is 5.80. The van der Waals surface area contributed by atoms with Gasteiger partial charge in [0.1, 0.15) is 0 Å². The van der Waals surface area contributed by atoms with Gasteiger partial charge < -0.3 is 9.84 Å². The smallest absolute Gasteiger partial charge is 0.243 e. The van der Waals surface area contributed by atoms with Crippen LogP contribution in [0.25, 0.3) is 0 Å². The molecule has 1 aromatic heterocycles. The number of aromatic nitrogens is 2. The fourth-order valence-corrected chi connectivity index (χ4v) is 3.42. The van der Waals surface area contributed by atoms with E-state index in [0.29, 0.717) is 0 Å². The number of nitrogens with one attached hydrogen (secondary N) is 1. The Morgan fingerprint density at radius 3 is 3.19 bits per heavy atom. The summed E-state index contributed by atoms with van der Waals surface area (Å²) in [7, 11) is 0. The van der Waals surface area contributed by atoms with Crippen LogP contribution in [0, 0.1) is 6.92 Å². The summed E-state index contributed by atoms with van der Waals surface area (Å²) in [5.41, 5.74) is 1.27. The molecule has 21 heavy (non-hydrogen) atoms. The van der Waals surface area contributed by atoms with Gasteiger partial charge in [0.2, 0.25) is 5.89 Å². The summed E-state index contributed by atoms with van der Waals surface area (Å²) >= 11 is 1.75. The highest BCUT2D eigenvalue weighted by Crippen LogP contribution is 2.25. The summed E-state index contributed by atoms with van der Waals surface area (Å²) in [6, 6.07) is 8.71. The third-order valence-electron chi connectivity index (χ3n) is 3.70. The van der Waals surface area contributed by atoms with Crippen molar-refractivity contribution in [3.63, 3.8) is 0 Å². The molecular weight excluding hydrogens is 282 g/mol. The van der Waals surface area contributed by atoms with Gasteiger partial charge in [-0.15, -0.1) is 11.8 Å². The van der Waals surface area contributed by atoms with E-state index in [9.17, 15) is 0 Å². The zero-order valence-corrected chi connectivity index (χ0v) is 13.2. The van der Waals surface area contributed by atoms with Crippen LogP contribution >= 0.6 is 11.8 Å². The summed E-state index contributed by atoms with van der Waals surface area (Å²) < 4.78 is 5.43. The quantitative estimate of drug-likeness (QED) is 0.869. The van der Waals surface area contributed by atoms with Gasteiger partial charge in [0.25, 0.3) is 0 Å². The monoisotopic (exact) mass is 303 g/mol. The molecular formula is C16H21N3OS. The van der Waals surface area contributed by atoms with Crippen molar-refractivity contribution in [3.8, 4) is 0 Å². The van der Waals surface area contributed by atoms with Crippen LogP contribution < -0.4 is 5.32 Å². The van der Waals surface area contributed by atoms with Gasteiger partial charge in [-0.05, 0) is 38.4 Å². The lowest BCUT2D eigenvalue weighted by Crippen LogP contribution is -2.20. The molecule has 1 fully saturated rings. The van der Waals surface area contributed by atoms with Gasteiger partial charge in [-0.2, -0.15) is 4.98 Å². The SMILES string of the molecule is Cc1cccc(SCc2noc(C3CCCCCN3)n2)c1. The Kier molecular flexibility index (Phi) is 4.93. The molecule has 4 nitrogen and oxygen atoms in total. The molecule has 0 aliphatic carbocycles. The Labute approximate surface area is 129 Å². The van der Waals surface area contributed by atoms with E-state index in [4.69, 9.17) is 4.52 Å². The number of rotatable bonds is 4. The van der Waals surface area contributed by atoms with Crippen molar-refractivity contribution in [2.45, 2.75) is 49.3 Å². The summed E-state index contributed by atoms with van der Waals surface area (Å²) in [6.45, 7) is 3.15. The molecule has 1 unspecified atom stereocenters. The van der Waals surface area contributed by atoms with E-state index in [1.165, 1.54) is 29.7 Å². The highest BCUT2D eigenvalue weighted by molar-refractivity contribution is 7.98. The first kappa shape index (κ1) is 14.6. The Morgan fingerprint density at radius 2 is 2.29 bits per heavy atom. The predicted octanol–water partition coefficient (Wildman–Crippen LogP) is 3.88. The number of hydrogen-bond donors (Lipinski definition) is 1. The van der Waals surface area contributed by atoms with Crippen LogP contribution in [0.1, 0.15) is 49.0 Å². The van der Waals surface area contributed by atoms with Crippen LogP contribution in [0.15, 0.2) is 33.7 Å². The van der Waals surface area contributed by atoms with Crippen LogP contribution in [0.2, 0.25) is 0 Å². The maximum Gasteiger partial charge on any atom is 0.243 e. The number of nitrogens with zero attached hydrogens (tertiary/aromatic N) is 2. The maximum atomic E-state index is 5.43. The Bertz CT molecular complexity index is 576. The molecule has 0 bridgehead atoms. The van der Waals surface area contributed by atoms with Gasteiger partial charge in [0.05, 0.1) is 11.8 Å². The molecule has 3 rings (SSSR count). The van der Waals surface area contributed by atoms with Gasteiger partial charge >= 0.3 is 0 Å². The lowest BCUT2D eigenvalue weighted by Gasteiger charge is -2.09. The fourth-order valence-electron chi connectivity index (χ4n) is 2.56. The zero-order chi connectivity index (χ0) is 14.5. The predicted molar refractivity (Wildman–Crippen MR) is 84.2 cm³/mol. The molecule has 112 valence electrons. The molecule has 1 aliphatic rings. The minimum atomic E-state index is 0.234. The molecule has 1 aliphatic heterocycles. The first-order valence-corrected chi connectivity index (χ1v) is 8.55. The number of aryl methyl sites for hydroxylation is 1. The lowest BCUT2D eigenvalue weighted by atomic mass is 10.1. The summed E-state index contributed by atoms with van der Waals surface area (Å²) in [5, 5.41) is 7.60. The van der Waals surface area contributed by atoms with Gasteiger partial charge in [-0.25, -0.2) is 0 Å². The number of hydrogen-bond acceptors (Lipinski definition) is 5. The van der Waals surface area contributed by atoms with Gasteiger partial charge in [0.15, 0.2) is 5.82 Å². The van der Waals surface area contributed by atoms with Crippen LogP contribution in [0.5, 0.6) is 0 Å². The summed E-state index contributed by atoms with van der Waals surface area (Å²) in [5.74, 6) is 2.28. The maximum absolute atomic E-state index is 5.43. The molecule has 5 heteroatoms. The van der Waals surface area contributed by atoms with E-state index in [2.05, 4.69) is 46.6 Å². The van der Waals surface area contributed by atoms with Crippen molar-refractivity contribution in [1.82, 2.24) is 15.5 Å². The average Bonchev–Trinajstić information content (AvgIpc) is 2.79. The van der Waals surface area contributed by atoms with E-state index < -0.39 is 0 Å². The van der Waals surface area contributed by atoms with Crippen LogP contribution in [0.3, 0.4) is 0 Å². The van der Waals surface area contributed by atoms with E-state index in [1.54, 1.807) is 11.8 Å². The highest BCUT2D eigenvalue weighted by Gasteiger charge is 2.19. The van der Waals surface area contributed by atoms with E-state index in [0.717, 1.165) is 30.4 Å². The number of benzene rings is 1. The van der Waals surface area contributed by atoms with Gasteiger partial charge in [-0.3, -0.25) is 0 Å². The molecule has 1 saturated heterocycles. The number of thioether (sulfide) groups is 1. The summed E-state index contributed by atoms with van der Waals surface area (Å²) in [6.07, 6.45) is 4.84. The van der Waals surface area contributed by atoms with E-state index in [1.807, 2.05) is 0 Å². The topological polar surface area (TPSA) is 51.0 Å². The van der Waals surface area contributed by atoms with Gasteiger partial charge in [0, 0.05) is 4.90 Å².